The molecule has 2 heterocycles. The molecule has 28 heavy (non-hydrogen) atoms. The van der Waals surface area contributed by atoms with E-state index in [9.17, 15) is 4.79 Å². The van der Waals surface area contributed by atoms with Gasteiger partial charge in [0.15, 0.2) is 0 Å². The SMILES string of the molecule is COc1ncccc1-c1ccc(C2CC2NCC(=O)N2CCN(C)CC2)cc1. The number of likely N-dealkylation sites (N-methyl/N-ethyl adjacent to an activating group) is 1. The predicted octanol–water partition coefficient (Wildman–Crippen LogP) is 1.98. The summed E-state index contributed by atoms with van der Waals surface area (Å²) < 4.78 is 5.36. The average Bonchev–Trinajstić information content (AvgIpc) is 3.52. The largest absolute Gasteiger partial charge is 0.481 e. The number of carbonyl (C=O) groups is 1. The third-order valence-corrected chi connectivity index (χ3v) is 5.78. The molecule has 1 saturated carbocycles. The molecule has 1 saturated heterocycles. The Balaban J connectivity index is 1.30. The Morgan fingerprint density at radius 3 is 2.64 bits per heavy atom. The Bertz CT molecular complexity index is 816. The van der Waals surface area contributed by atoms with Crippen LogP contribution in [0.5, 0.6) is 5.88 Å². The van der Waals surface area contributed by atoms with Crippen LogP contribution in [0.25, 0.3) is 11.1 Å². The van der Waals surface area contributed by atoms with Gasteiger partial charge in [-0.2, -0.15) is 0 Å². The maximum absolute atomic E-state index is 12.4. The molecule has 0 bridgehead atoms. The predicted molar refractivity (Wildman–Crippen MR) is 109 cm³/mol. The highest BCUT2D eigenvalue weighted by Gasteiger charge is 2.38. The Morgan fingerprint density at radius 1 is 1.18 bits per heavy atom. The Kier molecular flexibility index (Phi) is 5.59. The molecule has 4 rings (SSSR count). The molecule has 1 aliphatic carbocycles. The van der Waals surface area contributed by atoms with Crippen LogP contribution in [0.4, 0.5) is 0 Å². The number of aromatic nitrogens is 1. The van der Waals surface area contributed by atoms with Gasteiger partial charge >= 0.3 is 0 Å². The third-order valence-electron chi connectivity index (χ3n) is 5.78. The summed E-state index contributed by atoms with van der Waals surface area (Å²) in [5.41, 5.74) is 3.42. The van der Waals surface area contributed by atoms with Crippen LogP contribution in [-0.4, -0.2) is 73.6 Å². The van der Waals surface area contributed by atoms with Crippen molar-refractivity contribution in [3.05, 3.63) is 48.2 Å². The fraction of sp³-hybridized carbons (Fsp3) is 0.455. The van der Waals surface area contributed by atoms with Crippen molar-refractivity contribution in [2.24, 2.45) is 0 Å². The number of benzene rings is 1. The number of nitrogens with zero attached hydrogens (tertiary/aromatic N) is 3. The normalized spacial score (nSPS) is 22.1. The van der Waals surface area contributed by atoms with Gasteiger partial charge in [-0.05, 0) is 36.7 Å². The summed E-state index contributed by atoms with van der Waals surface area (Å²) in [6.07, 6.45) is 2.83. The van der Waals surface area contributed by atoms with Gasteiger partial charge in [-0.3, -0.25) is 4.79 Å². The van der Waals surface area contributed by atoms with Crippen molar-refractivity contribution < 1.29 is 9.53 Å². The Labute approximate surface area is 166 Å². The molecule has 1 aromatic carbocycles. The maximum Gasteiger partial charge on any atom is 0.236 e. The first-order chi connectivity index (χ1) is 13.7. The second-order valence-electron chi connectivity index (χ2n) is 7.70. The van der Waals surface area contributed by atoms with Crippen LogP contribution in [0.15, 0.2) is 42.6 Å². The van der Waals surface area contributed by atoms with Gasteiger partial charge in [0.2, 0.25) is 11.8 Å². The number of methoxy groups -OCH3 is 1. The van der Waals surface area contributed by atoms with E-state index in [1.165, 1.54) is 5.56 Å². The number of ether oxygens (including phenoxy) is 1. The van der Waals surface area contributed by atoms with Gasteiger partial charge in [0, 0.05) is 49.9 Å². The Hall–Kier alpha value is -2.44. The molecule has 2 unspecified atom stereocenters. The van der Waals surface area contributed by atoms with Gasteiger partial charge in [-0.15, -0.1) is 0 Å². The fourth-order valence-electron chi connectivity index (χ4n) is 3.86. The molecule has 6 heteroatoms. The van der Waals surface area contributed by atoms with Gasteiger partial charge in [-0.25, -0.2) is 4.98 Å². The molecule has 2 aliphatic rings. The van der Waals surface area contributed by atoms with E-state index in [-0.39, 0.29) is 5.91 Å². The highest BCUT2D eigenvalue weighted by molar-refractivity contribution is 5.78. The van der Waals surface area contributed by atoms with Gasteiger partial charge in [0.05, 0.1) is 13.7 Å². The van der Waals surface area contributed by atoms with Crippen molar-refractivity contribution in [2.45, 2.75) is 18.4 Å². The topological polar surface area (TPSA) is 57.7 Å². The molecule has 1 N–H and O–H groups in total. The lowest BCUT2D eigenvalue weighted by Crippen LogP contribution is -2.49. The number of rotatable bonds is 6. The van der Waals surface area contributed by atoms with Crippen LogP contribution in [0.2, 0.25) is 0 Å². The van der Waals surface area contributed by atoms with Crippen LogP contribution in [-0.2, 0) is 4.79 Å². The van der Waals surface area contributed by atoms with Crippen molar-refractivity contribution in [1.82, 2.24) is 20.1 Å². The first-order valence-corrected chi connectivity index (χ1v) is 9.95. The number of amides is 1. The van der Waals surface area contributed by atoms with Gasteiger partial charge in [0.25, 0.3) is 0 Å². The molecular formula is C22H28N4O2. The molecule has 1 aromatic heterocycles. The molecular weight excluding hydrogens is 352 g/mol. The Morgan fingerprint density at radius 2 is 1.93 bits per heavy atom. The number of carbonyl (C=O) groups excluding carboxylic acids is 1. The van der Waals surface area contributed by atoms with E-state index in [4.69, 9.17) is 4.74 Å². The minimum atomic E-state index is 0.220. The van der Waals surface area contributed by atoms with E-state index >= 15 is 0 Å². The fourth-order valence-corrected chi connectivity index (χ4v) is 3.86. The summed E-state index contributed by atoms with van der Waals surface area (Å²) in [6.45, 7) is 4.04. The summed E-state index contributed by atoms with van der Waals surface area (Å²) in [7, 11) is 3.74. The standard InChI is InChI=1S/C22H28N4O2/c1-25-10-12-26(13-11-25)21(27)15-24-20-14-19(20)17-7-5-16(6-8-17)18-4-3-9-23-22(18)28-2/h3-9,19-20,24H,10-15H2,1-2H3. The second-order valence-corrected chi connectivity index (χ2v) is 7.70. The van der Waals surface area contributed by atoms with Crippen molar-refractivity contribution >= 4 is 5.91 Å². The third kappa shape index (κ3) is 4.18. The molecule has 0 spiro atoms. The maximum atomic E-state index is 12.4. The van der Waals surface area contributed by atoms with E-state index in [0.29, 0.717) is 24.4 Å². The molecule has 2 aromatic rings. The molecule has 2 fully saturated rings. The van der Waals surface area contributed by atoms with E-state index in [0.717, 1.165) is 43.7 Å². The summed E-state index contributed by atoms with van der Waals surface area (Å²) >= 11 is 0. The molecule has 1 amide bonds. The zero-order valence-corrected chi connectivity index (χ0v) is 16.6. The molecule has 6 nitrogen and oxygen atoms in total. The summed E-state index contributed by atoms with van der Waals surface area (Å²) in [4.78, 5) is 20.9. The van der Waals surface area contributed by atoms with Crippen molar-refractivity contribution in [3.63, 3.8) is 0 Å². The minimum Gasteiger partial charge on any atom is -0.481 e. The molecule has 148 valence electrons. The summed E-state index contributed by atoms with van der Waals surface area (Å²) in [5.74, 6) is 1.35. The van der Waals surface area contributed by atoms with E-state index in [2.05, 4.69) is 46.5 Å². The van der Waals surface area contributed by atoms with Crippen LogP contribution >= 0.6 is 0 Å². The first-order valence-electron chi connectivity index (χ1n) is 9.95. The van der Waals surface area contributed by atoms with Gasteiger partial charge < -0.3 is 19.9 Å². The average molecular weight is 380 g/mol. The number of nitrogens with one attached hydrogen (secondary N) is 1. The number of hydrogen-bond acceptors (Lipinski definition) is 5. The first kappa shape index (κ1) is 18.9. The lowest BCUT2D eigenvalue weighted by atomic mass is 10.0. The monoisotopic (exact) mass is 380 g/mol. The smallest absolute Gasteiger partial charge is 0.236 e. The number of hydrogen-bond donors (Lipinski definition) is 1. The van der Waals surface area contributed by atoms with Crippen LogP contribution in [0, 0.1) is 0 Å². The summed E-state index contributed by atoms with van der Waals surface area (Å²) in [5, 5.41) is 3.44. The lowest BCUT2D eigenvalue weighted by molar-refractivity contribution is -0.131. The van der Waals surface area contributed by atoms with Crippen LogP contribution in [0.3, 0.4) is 0 Å². The zero-order valence-electron chi connectivity index (χ0n) is 16.6. The second kappa shape index (κ2) is 8.29. The van der Waals surface area contributed by atoms with E-state index in [1.807, 2.05) is 17.0 Å². The molecule has 1 aliphatic heterocycles. The quantitative estimate of drug-likeness (QED) is 0.830. The molecule has 0 radical (unpaired) electrons. The number of piperazine rings is 1. The lowest BCUT2D eigenvalue weighted by Gasteiger charge is -2.32. The van der Waals surface area contributed by atoms with E-state index in [1.54, 1.807) is 13.3 Å². The van der Waals surface area contributed by atoms with Gasteiger partial charge in [-0.1, -0.05) is 24.3 Å². The highest BCUT2D eigenvalue weighted by Crippen LogP contribution is 2.41. The van der Waals surface area contributed by atoms with Gasteiger partial charge in [0.1, 0.15) is 0 Å². The minimum absolute atomic E-state index is 0.220. The van der Waals surface area contributed by atoms with Crippen LogP contribution in [0.1, 0.15) is 17.9 Å². The van der Waals surface area contributed by atoms with Crippen molar-refractivity contribution in [3.8, 4) is 17.0 Å². The van der Waals surface area contributed by atoms with E-state index < -0.39 is 0 Å². The van der Waals surface area contributed by atoms with Crippen molar-refractivity contribution in [2.75, 3.05) is 46.9 Å². The van der Waals surface area contributed by atoms with Crippen molar-refractivity contribution in [1.29, 1.82) is 0 Å². The zero-order chi connectivity index (χ0) is 19.5. The summed E-state index contributed by atoms with van der Waals surface area (Å²) in [6, 6.07) is 12.9. The number of pyridine rings is 1. The highest BCUT2D eigenvalue weighted by atomic mass is 16.5. The van der Waals surface area contributed by atoms with Crippen LogP contribution < -0.4 is 10.1 Å². The molecule has 2 atom stereocenters.